The summed E-state index contributed by atoms with van der Waals surface area (Å²) < 4.78 is 6.53. The van der Waals surface area contributed by atoms with Crippen molar-refractivity contribution in [2.45, 2.75) is 19.3 Å². The predicted molar refractivity (Wildman–Crippen MR) is 186 cm³/mol. The molecule has 1 aliphatic carbocycles. The zero-order valence-electron chi connectivity index (χ0n) is 25.5. The number of benzene rings is 5. The molecule has 46 heavy (non-hydrogen) atoms. The summed E-state index contributed by atoms with van der Waals surface area (Å²) in [5.74, 6) is 0.689. The maximum absolute atomic E-state index is 6.53. The third-order valence-electron chi connectivity index (χ3n) is 9.28. The predicted octanol–water partition coefficient (Wildman–Crippen LogP) is 10.7. The molecule has 0 unspecified atom stereocenters. The zero-order chi connectivity index (χ0) is 30.8. The molecule has 3 aromatic heterocycles. The molecule has 1 aliphatic rings. The van der Waals surface area contributed by atoms with Crippen molar-refractivity contribution in [3.8, 4) is 56.3 Å². The van der Waals surface area contributed by atoms with Crippen LogP contribution in [-0.4, -0.2) is 15.0 Å². The van der Waals surface area contributed by atoms with E-state index in [9.17, 15) is 0 Å². The Balaban J connectivity index is 1.23. The lowest BCUT2D eigenvalue weighted by Gasteiger charge is -2.24. The van der Waals surface area contributed by atoms with E-state index < -0.39 is 0 Å². The van der Waals surface area contributed by atoms with E-state index in [0.29, 0.717) is 5.82 Å². The van der Waals surface area contributed by atoms with Gasteiger partial charge in [0.15, 0.2) is 11.4 Å². The second kappa shape index (κ2) is 10.1. The SMILES string of the molecule is CC1(C)c2ccccc2-c2c1c(-c1ccc(-c3nc(-c4ccccc4)cc(-c4ccccc4)n3)cc1)nc1c2oc2ccccc21. The molecule has 0 saturated carbocycles. The molecular weight excluding hydrogens is 562 g/mol. The van der Waals surface area contributed by atoms with Crippen molar-refractivity contribution >= 4 is 22.1 Å². The summed E-state index contributed by atoms with van der Waals surface area (Å²) in [7, 11) is 0. The minimum absolute atomic E-state index is 0.252. The first-order chi connectivity index (χ1) is 22.6. The van der Waals surface area contributed by atoms with Crippen molar-refractivity contribution in [3.63, 3.8) is 0 Å². The minimum Gasteiger partial charge on any atom is -0.454 e. The second-order valence-corrected chi connectivity index (χ2v) is 12.4. The summed E-state index contributed by atoms with van der Waals surface area (Å²) in [6, 6.07) is 48.1. The molecule has 0 saturated heterocycles. The Labute approximate surface area is 267 Å². The number of hydrogen-bond donors (Lipinski definition) is 0. The summed E-state index contributed by atoms with van der Waals surface area (Å²) in [6.45, 7) is 4.58. The van der Waals surface area contributed by atoms with E-state index >= 15 is 0 Å². The largest absolute Gasteiger partial charge is 0.454 e. The summed E-state index contributed by atoms with van der Waals surface area (Å²) in [4.78, 5) is 15.4. The summed E-state index contributed by atoms with van der Waals surface area (Å²) in [6.07, 6.45) is 0. The van der Waals surface area contributed by atoms with Gasteiger partial charge < -0.3 is 4.42 Å². The molecule has 0 N–H and O–H groups in total. The van der Waals surface area contributed by atoms with Gasteiger partial charge >= 0.3 is 0 Å². The van der Waals surface area contributed by atoms with Crippen LogP contribution in [0.4, 0.5) is 0 Å². The van der Waals surface area contributed by atoms with Crippen molar-refractivity contribution in [2.24, 2.45) is 0 Å². The maximum Gasteiger partial charge on any atom is 0.162 e. The average Bonchev–Trinajstić information content (AvgIpc) is 3.61. The van der Waals surface area contributed by atoms with Gasteiger partial charge in [0.05, 0.1) is 17.1 Å². The molecule has 0 radical (unpaired) electrons. The van der Waals surface area contributed by atoms with E-state index in [2.05, 4.69) is 98.8 Å². The number of hydrogen-bond acceptors (Lipinski definition) is 4. The van der Waals surface area contributed by atoms with Crippen molar-refractivity contribution < 1.29 is 4.42 Å². The van der Waals surface area contributed by atoms with Gasteiger partial charge in [0.25, 0.3) is 0 Å². The van der Waals surface area contributed by atoms with Crippen molar-refractivity contribution in [3.05, 3.63) is 151 Å². The third kappa shape index (κ3) is 4.04. The minimum atomic E-state index is -0.252. The van der Waals surface area contributed by atoms with E-state index in [1.807, 2.05) is 54.6 Å². The molecule has 0 spiro atoms. The molecule has 0 aliphatic heterocycles. The Kier molecular flexibility index (Phi) is 5.81. The molecule has 0 fully saturated rings. The van der Waals surface area contributed by atoms with Gasteiger partial charge in [0, 0.05) is 44.2 Å². The number of aromatic nitrogens is 3. The highest BCUT2D eigenvalue weighted by atomic mass is 16.3. The fourth-order valence-electron chi connectivity index (χ4n) is 7.03. The van der Waals surface area contributed by atoms with Gasteiger partial charge in [-0.3, -0.25) is 0 Å². The summed E-state index contributed by atoms with van der Waals surface area (Å²) in [5.41, 5.74) is 14.1. The van der Waals surface area contributed by atoms with Crippen LogP contribution in [0, 0.1) is 0 Å². The highest BCUT2D eigenvalue weighted by Gasteiger charge is 2.40. The maximum atomic E-state index is 6.53. The van der Waals surface area contributed by atoms with Crippen LogP contribution in [0.15, 0.2) is 144 Å². The molecule has 4 nitrogen and oxygen atoms in total. The third-order valence-corrected chi connectivity index (χ3v) is 9.28. The molecule has 0 atom stereocenters. The monoisotopic (exact) mass is 591 g/mol. The van der Waals surface area contributed by atoms with Gasteiger partial charge in [-0.1, -0.05) is 135 Å². The average molecular weight is 592 g/mol. The van der Waals surface area contributed by atoms with Crippen LogP contribution >= 0.6 is 0 Å². The molecule has 0 bridgehead atoms. The van der Waals surface area contributed by atoms with Crippen LogP contribution in [0.5, 0.6) is 0 Å². The first kappa shape index (κ1) is 26.5. The van der Waals surface area contributed by atoms with Gasteiger partial charge in [-0.2, -0.15) is 0 Å². The Morgan fingerprint density at radius 3 is 1.83 bits per heavy atom. The van der Waals surface area contributed by atoms with E-state index in [1.54, 1.807) is 0 Å². The van der Waals surface area contributed by atoms with Crippen LogP contribution in [-0.2, 0) is 5.41 Å². The number of fused-ring (bicyclic) bond motifs is 7. The topological polar surface area (TPSA) is 51.8 Å². The van der Waals surface area contributed by atoms with E-state index in [-0.39, 0.29) is 5.41 Å². The fourth-order valence-corrected chi connectivity index (χ4v) is 7.03. The number of rotatable bonds is 4. The standard InChI is InChI=1S/C42H29N3O/c1-42(2)32-19-11-9-17-30(32)36-37(42)38(45-39-31-18-10-12-20-35(31)46-40(36)39)28-21-23-29(24-22-28)41-43-33(26-13-5-3-6-14-26)25-34(44-41)27-15-7-4-8-16-27/h3-25H,1-2H3. The Bertz CT molecular complexity index is 2370. The lowest BCUT2D eigenvalue weighted by atomic mass is 9.80. The highest BCUT2D eigenvalue weighted by molar-refractivity contribution is 6.11. The molecule has 3 heterocycles. The lowest BCUT2D eigenvalue weighted by molar-refractivity contribution is 0.651. The van der Waals surface area contributed by atoms with Crippen LogP contribution in [0.1, 0.15) is 25.0 Å². The highest BCUT2D eigenvalue weighted by Crippen LogP contribution is 2.55. The van der Waals surface area contributed by atoms with Gasteiger partial charge in [-0.05, 0) is 29.3 Å². The molecule has 218 valence electrons. The van der Waals surface area contributed by atoms with Crippen LogP contribution < -0.4 is 0 Å². The normalized spacial score (nSPS) is 13.2. The Hall–Kier alpha value is -5.87. The Morgan fingerprint density at radius 1 is 0.543 bits per heavy atom. The second-order valence-electron chi connectivity index (χ2n) is 12.4. The number of para-hydroxylation sites is 1. The van der Waals surface area contributed by atoms with E-state index in [1.165, 1.54) is 16.7 Å². The van der Waals surface area contributed by atoms with Crippen LogP contribution in [0.25, 0.3) is 78.4 Å². The zero-order valence-corrected chi connectivity index (χ0v) is 25.5. The summed E-state index contributed by atoms with van der Waals surface area (Å²) >= 11 is 0. The van der Waals surface area contributed by atoms with Crippen molar-refractivity contribution in [1.29, 1.82) is 0 Å². The van der Waals surface area contributed by atoms with Gasteiger partial charge in [0.1, 0.15) is 11.1 Å². The van der Waals surface area contributed by atoms with Gasteiger partial charge in [-0.25, -0.2) is 15.0 Å². The first-order valence-corrected chi connectivity index (χ1v) is 15.6. The molecule has 4 heteroatoms. The molecule has 9 rings (SSSR count). The van der Waals surface area contributed by atoms with Gasteiger partial charge in [-0.15, -0.1) is 0 Å². The Morgan fingerprint density at radius 2 is 1.13 bits per heavy atom. The van der Waals surface area contributed by atoms with Crippen molar-refractivity contribution in [1.82, 2.24) is 15.0 Å². The fraction of sp³-hybridized carbons (Fsp3) is 0.0714. The quantitative estimate of drug-likeness (QED) is 0.204. The molecule has 8 aromatic rings. The van der Waals surface area contributed by atoms with E-state index in [0.717, 1.165) is 67.0 Å². The number of pyridine rings is 1. The molecule has 5 aromatic carbocycles. The van der Waals surface area contributed by atoms with E-state index in [4.69, 9.17) is 19.4 Å². The summed E-state index contributed by atoms with van der Waals surface area (Å²) in [5, 5.41) is 1.03. The molecule has 0 amide bonds. The number of furan rings is 1. The van der Waals surface area contributed by atoms with Gasteiger partial charge in [0.2, 0.25) is 0 Å². The number of nitrogens with zero attached hydrogens (tertiary/aromatic N) is 3. The van der Waals surface area contributed by atoms with Crippen LogP contribution in [0.2, 0.25) is 0 Å². The lowest BCUT2D eigenvalue weighted by Crippen LogP contribution is -2.17. The van der Waals surface area contributed by atoms with Crippen LogP contribution in [0.3, 0.4) is 0 Å². The smallest absolute Gasteiger partial charge is 0.162 e. The van der Waals surface area contributed by atoms with Crippen molar-refractivity contribution in [2.75, 3.05) is 0 Å². The first-order valence-electron chi connectivity index (χ1n) is 15.6. The molecular formula is C42H29N3O.